The Kier molecular flexibility index (Phi) is 5.67. The summed E-state index contributed by atoms with van der Waals surface area (Å²) < 4.78 is 20.3. The lowest BCUT2D eigenvalue weighted by atomic mass is 9.86. The highest BCUT2D eigenvalue weighted by Crippen LogP contribution is 2.36. The van der Waals surface area contributed by atoms with Crippen LogP contribution in [0.4, 0.5) is 4.39 Å². The Morgan fingerprint density at radius 2 is 2.00 bits per heavy atom. The number of fused-ring (bicyclic) bond motifs is 1. The van der Waals surface area contributed by atoms with Crippen LogP contribution in [0, 0.1) is 12.7 Å². The number of morpholine rings is 1. The molecule has 5 heteroatoms. The summed E-state index contributed by atoms with van der Waals surface area (Å²) in [6, 6.07) is 11.3. The molecule has 152 valence electrons. The number of nitrogens with one attached hydrogen (secondary N) is 1. The number of hydrogen-bond acceptors (Lipinski definition) is 2. The van der Waals surface area contributed by atoms with Crippen LogP contribution in [0.15, 0.2) is 42.6 Å². The minimum atomic E-state index is -0.342. The minimum absolute atomic E-state index is 0.0419. The normalized spacial score (nSPS) is 15.6. The number of aromatic amines is 1. The summed E-state index contributed by atoms with van der Waals surface area (Å²) in [6.45, 7) is 6.37. The predicted molar refractivity (Wildman–Crippen MR) is 113 cm³/mol. The summed E-state index contributed by atoms with van der Waals surface area (Å²) in [5, 5.41) is 1.06. The number of halogens is 1. The van der Waals surface area contributed by atoms with Crippen LogP contribution in [0.1, 0.15) is 41.5 Å². The number of carbonyl (C=O) groups is 1. The van der Waals surface area contributed by atoms with Gasteiger partial charge in [0, 0.05) is 42.5 Å². The fourth-order valence-electron chi connectivity index (χ4n) is 4.26. The quantitative estimate of drug-likeness (QED) is 0.690. The number of benzene rings is 2. The first kappa shape index (κ1) is 19.6. The molecule has 0 spiro atoms. The summed E-state index contributed by atoms with van der Waals surface area (Å²) in [4.78, 5) is 18.3. The van der Waals surface area contributed by atoms with Crippen LogP contribution in [-0.2, 0) is 16.0 Å². The van der Waals surface area contributed by atoms with Crippen molar-refractivity contribution in [2.24, 2.45) is 0 Å². The Morgan fingerprint density at radius 3 is 2.76 bits per heavy atom. The molecular weight excluding hydrogens is 367 g/mol. The Balaban J connectivity index is 1.78. The van der Waals surface area contributed by atoms with Gasteiger partial charge in [0.15, 0.2) is 0 Å². The predicted octanol–water partition coefficient (Wildman–Crippen LogP) is 4.56. The van der Waals surface area contributed by atoms with Gasteiger partial charge in [-0.05, 0) is 36.1 Å². The maximum absolute atomic E-state index is 14.9. The second-order valence-electron chi connectivity index (χ2n) is 7.71. The third kappa shape index (κ3) is 3.92. The lowest BCUT2D eigenvalue weighted by Gasteiger charge is -2.29. The van der Waals surface area contributed by atoms with E-state index in [4.69, 9.17) is 4.74 Å². The summed E-state index contributed by atoms with van der Waals surface area (Å²) in [7, 11) is 0. The van der Waals surface area contributed by atoms with Crippen LogP contribution >= 0.6 is 0 Å². The zero-order valence-electron chi connectivity index (χ0n) is 17.0. The van der Waals surface area contributed by atoms with Gasteiger partial charge in [-0.3, -0.25) is 4.79 Å². The van der Waals surface area contributed by atoms with E-state index in [0.717, 1.165) is 28.5 Å². The SMILES string of the molecule is CCc1cccc2c([C@H](CC(=O)N3CCOCC3)c3cc(C)ccc3F)c[nH]c12. The molecule has 2 aromatic carbocycles. The molecule has 1 amide bonds. The molecule has 3 aromatic rings. The first-order valence-corrected chi connectivity index (χ1v) is 10.3. The first-order valence-electron chi connectivity index (χ1n) is 10.3. The Bertz CT molecular complexity index is 1020. The van der Waals surface area contributed by atoms with Crippen LogP contribution in [0.2, 0.25) is 0 Å². The molecule has 1 N–H and O–H groups in total. The summed E-state index contributed by atoms with van der Waals surface area (Å²) >= 11 is 0. The standard InChI is InChI=1S/C24H27FN2O2/c1-3-17-5-4-6-18-21(15-26-24(17)18)19(20-13-16(2)7-8-22(20)25)14-23(28)27-9-11-29-12-10-27/h4-8,13,15,19,26H,3,9-12,14H2,1-2H3/t19-/m1/s1. The van der Waals surface area contributed by atoms with Crippen molar-refractivity contribution in [3.05, 3.63) is 70.7 Å². The van der Waals surface area contributed by atoms with Crippen molar-refractivity contribution < 1.29 is 13.9 Å². The van der Waals surface area contributed by atoms with Crippen molar-refractivity contribution >= 4 is 16.8 Å². The Morgan fingerprint density at radius 1 is 1.21 bits per heavy atom. The molecule has 4 nitrogen and oxygen atoms in total. The van der Waals surface area contributed by atoms with Gasteiger partial charge in [-0.15, -0.1) is 0 Å². The monoisotopic (exact) mass is 394 g/mol. The van der Waals surface area contributed by atoms with Gasteiger partial charge >= 0.3 is 0 Å². The number of hydrogen-bond donors (Lipinski definition) is 1. The zero-order valence-corrected chi connectivity index (χ0v) is 17.0. The number of aromatic nitrogens is 1. The Labute approximate surface area is 170 Å². The van der Waals surface area contributed by atoms with Crippen molar-refractivity contribution in [2.75, 3.05) is 26.3 Å². The van der Waals surface area contributed by atoms with Crippen LogP contribution in [0.5, 0.6) is 0 Å². The van der Waals surface area contributed by atoms with Gasteiger partial charge in [0.25, 0.3) is 0 Å². The number of rotatable bonds is 5. The highest BCUT2D eigenvalue weighted by Gasteiger charge is 2.27. The fourth-order valence-corrected chi connectivity index (χ4v) is 4.26. The molecule has 0 bridgehead atoms. The molecule has 1 fully saturated rings. The van der Waals surface area contributed by atoms with Crippen molar-refractivity contribution in [1.82, 2.24) is 9.88 Å². The Hall–Kier alpha value is -2.66. The molecule has 1 aromatic heterocycles. The average Bonchev–Trinajstić information content (AvgIpc) is 3.18. The second kappa shape index (κ2) is 8.37. The highest BCUT2D eigenvalue weighted by atomic mass is 19.1. The molecule has 0 aliphatic carbocycles. The first-order chi connectivity index (χ1) is 14.1. The smallest absolute Gasteiger partial charge is 0.223 e. The van der Waals surface area contributed by atoms with Gasteiger partial charge in [0.1, 0.15) is 5.82 Å². The van der Waals surface area contributed by atoms with E-state index in [1.165, 1.54) is 11.6 Å². The number of para-hydroxylation sites is 1. The molecule has 2 heterocycles. The van der Waals surface area contributed by atoms with Gasteiger partial charge in [-0.2, -0.15) is 0 Å². The van der Waals surface area contributed by atoms with E-state index in [2.05, 4.69) is 24.0 Å². The summed E-state index contributed by atoms with van der Waals surface area (Å²) in [6.07, 6.45) is 3.10. The molecular formula is C24H27FN2O2. The minimum Gasteiger partial charge on any atom is -0.378 e. The molecule has 29 heavy (non-hydrogen) atoms. The fraction of sp³-hybridized carbons (Fsp3) is 0.375. The van der Waals surface area contributed by atoms with E-state index in [1.807, 2.05) is 30.2 Å². The molecule has 1 saturated heterocycles. The molecule has 0 radical (unpaired) electrons. The lowest BCUT2D eigenvalue weighted by molar-refractivity contribution is -0.135. The largest absolute Gasteiger partial charge is 0.378 e. The van der Waals surface area contributed by atoms with E-state index in [1.54, 1.807) is 6.07 Å². The van der Waals surface area contributed by atoms with Crippen molar-refractivity contribution in [3.8, 4) is 0 Å². The van der Waals surface area contributed by atoms with Gasteiger partial charge in [-0.1, -0.05) is 42.8 Å². The van der Waals surface area contributed by atoms with E-state index < -0.39 is 0 Å². The van der Waals surface area contributed by atoms with E-state index in [0.29, 0.717) is 31.9 Å². The molecule has 0 saturated carbocycles. The maximum Gasteiger partial charge on any atom is 0.223 e. The number of H-pyrrole nitrogens is 1. The van der Waals surface area contributed by atoms with Crippen LogP contribution < -0.4 is 0 Å². The molecule has 0 unspecified atom stereocenters. The zero-order chi connectivity index (χ0) is 20.4. The van der Waals surface area contributed by atoms with Crippen LogP contribution in [0.25, 0.3) is 10.9 Å². The van der Waals surface area contributed by atoms with Gasteiger partial charge in [-0.25, -0.2) is 4.39 Å². The van der Waals surface area contributed by atoms with Crippen molar-refractivity contribution in [2.45, 2.75) is 32.6 Å². The molecule has 1 atom stereocenters. The van der Waals surface area contributed by atoms with Gasteiger partial charge < -0.3 is 14.6 Å². The topological polar surface area (TPSA) is 45.3 Å². The summed E-state index contributed by atoms with van der Waals surface area (Å²) in [5.41, 5.74) is 4.83. The van der Waals surface area contributed by atoms with E-state index >= 15 is 0 Å². The van der Waals surface area contributed by atoms with Crippen molar-refractivity contribution in [3.63, 3.8) is 0 Å². The number of aryl methyl sites for hydroxylation is 2. The van der Waals surface area contributed by atoms with Crippen LogP contribution in [-0.4, -0.2) is 42.1 Å². The average molecular weight is 394 g/mol. The number of ether oxygens (including phenoxy) is 1. The molecule has 1 aliphatic heterocycles. The lowest BCUT2D eigenvalue weighted by Crippen LogP contribution is -2.41. The molecule has 1 aliphatic rings. The number of carbonyl (C=O) groups excluding carboxylic acids is 1. The van der Waals surface area contributed by atoms with Gasteiger partial charge in [0.05, 0.1) is 13.2 Å². The third-order valence-corrected chi connectivity index (χ3v) is 5.86. The van der Waals surface area contributed by atoms with Crippen LogP contribution in [0.3, 0.4) is 0 Å². The number of nitrogens with zero attached hydrogens (tertiary/aromatic N) is 1. The third-order valence-electron chi connectivity index (χ3n) is 5.86. The summed E-state index contributed by atoms with van der Waals surface area (Å²) in [5.74, 6) is -0.567. The maximum atomic E-state index is 14.9. The molecule has 4 rings (SSSR count). The number of amides is 1. The van der Waals surface area contributed by atoms with E-state index in [-0.39, 0.29) is 24.1 Å². The van der Waals surface area contributed by atoms with E-state index in [9.17, 15) is 9.18 Å². The van der Waals surface area contributed by atoms with Gasteiger partial charge in [0.2, 0.25) is 5.91 Å². The highest BCUT2D eigenvalue weighted by molar-refractivity contribution is 5.88. The second-order valence-corrected chi connectivity index (χ2v) is 7.71. The van der Waals surface area contributed by atoms with Crippen molar-refractivity contribution in [1.29, 1.82) is 0 Å².